The van der Waals surface area contributed by atoms with Crippen LogP contribution in [0.1, 0.15) is 6.42 Å². The SMILES string of the molecule is C1COC(CNCC2CCSC2)CO1. The van der Waals surface area contributed by atoms with Crippen molar-refractivity contribution in [2.45, 2.75) is 12.5 Å². The van der Waals surface area contributed by atoms with Crippen LogP contribution in [0.15, 0.2) is 0 Å². The molecule has 0 aromatic heterocycles. The van der Waals surface area contributed by atoms with Gasteiger partial charge >= 0.3 is 0 Å². The molecule has 2 heterocycles. The Balaban J connectivity index is 1.52. The maximum atomic E-state index is 5.55. The van der Waals surface area contributed by atoms with Crippen LogP contribution in [0.3, 0.4) is 0 Å². The van der Waals surface area contributed by atoms with E-state index in [2.05, 4.69) is 17.1 Å². The van der Waals surface area contributed by atoms with Gasteiger partial charge in [0.05, 0.1) is 25.9 Å². The molecule has 14 heavy (non-hydrogen) atoms. The maximum Gasteiger partial charge on any atom is 0.0933 e. The molecule has 0 aromatic carbocycles. The number of hydrogen-bond acceptors (Lipinski definition) is 4. The fraction of sp³-hybridized carbons (Fsp3) is 1.00. The number of nitrogens with one attached hydrogen (secondary N) is 1. The van der Waals surface area contributed by atoms with Crippen molar-refractivity contribution in [3.05, 3.63) is 0 Å². The van der Waals surface area contributed by atoms with Crippen LogP contribution in [-0.4, -0.2) is 50.5 Å². The lowest BCUT2D eigenvalue weighted by Crippen LogP contribution is -2.38. The van der Waals surface area contributed by atoms with Crippen LogP contribution in [-0.2, 0) is 9.47 Å². The highest BCUT2D eigenvalue weighted by molar-refractivity contribution is 7.99. The molecule has 2 atom stereocenters. The van der Waals surface area contributed by atoms with E-state index in [1.165, 1.54) is 17.9 Å². The Bertz CT molecular complexity index is 156. The van der Waals surface area contributed by atoms with Crippen molar-refractivity contribution in [2.24, 2.45) is 5.92 Å². The van der Waals surface area contributed by atoms with Crippen molar-refractivity contribution < 1.29 is 9.47 Å². The topological polar surface area (TPSA) is 30.5 Å². The zero-order chi connectivity index (χ0) is 9.64. The van der Waals surface area contributed by atoms with Crippen LogP contribution in [0.25, 0.3) is 0 Å². The molecule has 2 fully saturated rings. The quantitative estimate of drug-likeness (QED) is 0.752. The van der Waals surface area contributed by atoms with Gasteiger partial charge in [-0.05, 0) is 30.4 Å². The largest absolute Gasteiger partial charge is 0.376 e. The number of rotatable bonds is 4. The molecule has 2 aliphatic heterocycles. The summed E-state index contributed by atoms with van der Waals surface area (Å²) in [6.45, 7) is 4.36. The van der Waals surface area contributed by atoms with E-state index in [1.54, 1.807) is 0 Å². The molecular weight excluding hydrogens is 198 g/mol. The van der Waals surface area contributed by atoms with Gasteiger partial charge in [0.15, 0.2) is 0 Å². The Labute approximate surface area is 89.9 Å². The van der Waals surface area contributed by atoms with Crippen molar-refractivity contribution in [1.82, 2.24) is 5.32 Å². The molecular formula is C10H19NO2S. The van der Waals surface area contributed by atoms with Crippen LogP contribution in [0, 0.1) is 5.92 Å². The van der Waals surface area contributed by atoms with E-state index in [9.17, 15) is 0 Å². The number of ether oxygens (including phenoxy) is 2. The molecule has 2 saturated heterocycles. The van der Waals surface area contributed by atoms with Crippen molar-refractivity contribution in [3.8, 4) is 0 Å². The Morgan fingerprint density at radius 2 is 2.29 bits per heavy atom. The smallest absolute Gasteiger partial charge is 0.0933 e. The predicted octanol–water partition coefficient (Wildman–Crippen LogP) is 0.744. The highest BCUT2D eigenvalue weighted by atomic mass is 32.2. The third kappa shape index (κ3) is 3.42. The summed E-state index contributed by atoms with van der Waals surface area (Å²) >= 11 is 2.07. The minimum absolute atomic E-state index is 0.276. The van der Waals surface area contributed by atoms with Gasteiger partial charge in [-0.1, -0.05) is 0 Å². The van der Waals surface area contributed by atoms with Crippen LogP contribution in [0.4, 0.5) is 0 Å². The lowest BCUT2D eigenvalue weighted by Gasteiger charge is -2.23. The van der Waals surface area contributed by atoms with Gasteiger partial charge in [-0.3, -0.25) is 0 Å². The molecule has 4 heteroatoms. The molecule has 3 nitrogen and oxygen atoms in total. The average Bonchev–Trinajstić information content (AvgIpc) is 2.72. The second-order valence-electron chi connectivity index (χ2n) is 3.96. The molecule has 0 spiro atoms. The van der Waals surface area contributed by atoms with Gasteiger partial charge in [-0.15, -0.1) is 0 Å². The predicted molar refractivity (Wildman–Crippen MR) is 58.9 cm³/mol. The Hall–Kier alpha value is 0.230. The van der Waals surface area contributed by atoms with E-state index < -0.39 is 0 Å². The summed E-state index contributed by atoms with van der Waals surface area (Å²) in [5.74, 6) is 3.55. The second-order valence-corrected chi connectivity index (χ2v) is 5.11. The zero-order valence-electron chi connectivity index (χ0n) is 8.54. The van der Waals surface area contributed by atoms with Crippen molar-refractivity contribution in [3.63, 3.8) is 0 Å². The first kappa shape index (κ1) is 10.7. The van der Waals surface area contributed by atoms with E-state index in [0.29, 0.717) is 0 Å². The van der Waals surface area contributed by atoms with Gasteiger partial charge in [0, 0.05) is 6.54 Å². The van der Waals surface area contributed by atoms with Crippen molar-refractivity contribution in [1.29, 1.82) is 0 Å². The first-order valence-electron chi connectivity index (χ1n) is 5.43. The molecule has 0 amide bonds. The molecule has 2 rings (SSSR count). The molecule has 0 aliphatic carbocycles. The Morgan fingerprint density at radius 3 is 3.00 bits per heavy atom. The van der Waals surface area contributed by atoms with Crippen LogP contribution >= 0.6 is 11.8 Å². The van der Waals surface area contributed by atoms with Gasteiger partial charge in [0.25, 0.3) is 0 Å². The van der Waals surface area contributed by atoms with Crippen molar-refractivity contribution in [2.75, 3.05) is 44.4 Å². The number of hydrogen-bond donors (Lipinski definition) is 1. The summed E-state index contributed by atoms with van der Waals surface area (Å²) in [6.07, 6.45) is 1.65. The molecule has 1 N–H and O–H groups in total. The standard InChI is InChI=1S/C10H19NO2S/c1-4-14-8-9(1)5-11-6-10-7-12-2-3-13-10/h9-11H,1-8H2. The highest BCUT2D eigenvalue weighted by Crippen LogP contribution is 2.22. The first-order valence-corrected chi connectivity index (χ1v) is 6.58. The van der Waals surface area contributed by atoms with Gasteiger partial charge in [0.2, 0.25) is 0 Å². The van der Waals surface area contributed by atoms with Gasteiger partial charge in [0.1, 0.15) is 0 Å². The summed E-state index contributed by atoms with van der Waals surface area (Å²) < 4.78 is 10.9. The first-order chi connectivity index (χ1) is 6.95. The minimum atomic E-state index is 0.276. The summed E-state index contributed by atoms with van der Waals surface area (Å²) in [6, 6.07) is 0. The number of thioether (sulfide) groups is 1. The normalized spacial score (nSPS) is 33.4. The fourth-order valence-electron chi connectivity index (χ4n) is 1.85. The average molecular weight is 217 g/mol. The second kappa shape index (κ2) is 5.95. The van der Waals surface area contributed by atoms with E-state index in [-0.39, 0.29) is 6.10 Å². The van der Waals surface area contributed by atoms with Gasteiger partial charge in [-0.2, -0.15) is 11.8 Å². The zero-order valence-corrected chi connectivity index (χ0v) is 9.35. The summed E-state index contributed by atoms with van der Waals surface area (Å²) in [4.78, 5) is 0. The highest BCUT2D eigenvalue weighted by Gasteiger charge is 2.17. The van der Waals surface area contributed by atoms with Crippen molar-refractivity contribution >= 4 is 11.8 Å². The Morgan fingerprint density at radius 1 is 1.29 bits per heavy atom. The molecule has 0 aromatic rings. The van der Waals surface area contributed by atoms with Gasteiger partial charge < -0.3 is 14.8 Å². The van der Waals surface area contributed by atoms with E-state index in [4.69, 9.17) is 9.47 Å². The third-order valence-corrected chi connectivity index (χ3v) is 3.95. The van der Waals surface area contributed by atoms with Crippen LogP contribution < -0.4 is 5.32 Å². The van der Waals surface area contributed by atoms with E-state index in [0.717, 1.165) is 38.8 Å². The summed E-state index contributed by atoms with van der Waals surface area (Å²) in [5, 5.41) is 3.48. The minimum Gasteiger partial charge on any atom is -0.376 e. The fourth-order valence-corrected chi connectivity index (χ4v) is 3.13. The summed E-state index contributed by atoms with van der Waals surface area (Å²) in [7, 11) is 0. The molecule has 2 unspecified atom stereocenters. The van der Waals surface area contributed by atoms with Gasteiger partial charge in [-0.25, -0.2) is 0 Å². The molecule has 2 aliphatic rings. The van der Waals surface area contributed by atoms with Crippen LogP contribution in [0.5, 0.6) is 0 Å². The van der Waals surface area contributed by atoms with E-state index in [1.807, 2.05) is 0 Å². The molecule has 0 bridgehead atoms. The monoisotopic (exact) mass is 217 g/mol. The third-order valence-electron chi connectivity index (χ3n) is 2.71. The molecule has 82 valence electrons. The Kier molecular flexibility index (Phi) is 4.57. The molecule has 0 saturated carbocycles. The summed E-state index contributed by atoms with van der Waals surface area (Å²) in [5.41, 5.74) is 0. The van der Waals surface area contributed by atoms with E-state index >= 15 is 0 Å². The molecule has 0 radical (unpaired) electrons. The lowest BCUT2D eigenvalue weighted by molar-refractivity contribution is -0.0864. The maximum absolute atomic E-state index is 5.55. The van der Waals surface area contributed by atoms with Crippen LogP contribution in [0.2, 0.25) is 0 Å². The lowest BCUT2D eigenvalue weighted by atomic mass is 10.1.